The van der Waals surface area contributed by atoms with Crippen molar-refractivity contribution in [2.24, 2.45) is 23.7 Å². The Labute approximate surface area is 605 Å². The summed E-state index contributed by atoms with van der Waals surface area (Å²) in [4.78, 5) is 187. The number of aliphatic hydroxyl groups is 1. The molecule has 31 heteroatoms. The maximum absolute atomic E-state index is 15.4. The van der Waals surface area contributed by atoms with Gasteiger partial charge in [-0.2, -0.15) is 13.2 Å². The Morgan fingerprint density at radius 2 is 1.20 bits per heavy atom. The number of nitrogens with zero attached hydrogens (tertiary/aromatic N) is 9. The number of nitrogens with one attached hydrogen (secondary N) is 3. The first-order valence-electron chi connectivity index (χ1n) is 35.2. The van der Waals surface area contributed by atoms with E-state index in [-0.39, 0.29) is 68.8 Å². The molecule has 102 heavy (non-hydrogen) atoms. The normalized spacial score (nSPS) is 23.6. The summed E-state index contributed by atoms with van der Waals surface area (Å²) in [5.74, 6) is -10.3. The molecular weight excluding hydrogens is 1350 g/mol. The first-order valence-corrected chi connectivity index (χ1v) is 35.5. The van der Waals surface area contributed by atoms with E-state index in [1.807, 2.05) is 27.7 Å². The van der Waals surface area contributed by atoms with Gasteiger partial charge in [-0.05, 0) is 120 Å². The minimum atomic E-state index is -4.81. The van der Waals surface area contributed by atoms with Crippen LogP contribution >= 0.6 is 11.6 Å². The third-order valence-corrected chi connectivity index (χ3v) is 18.9. The Kier molecular flexibility index (Phi) is 34.6. The van der Waals surface area contributed by atoms with Crippen molar-refractivity contribution in [3.8, 4) is 0 Å². The fourth-order valence-corrected chi connectivity index (χ4v) is 12.2. The van der Waals surface area contributed by atoms with Gasteiger partial charge in [-0.15, -0.1) is 0 Å². The van der Waals surface area contributed by atoms with Gasteiger partial charge < -0.3 is 74.6 Å². The van der Waals surface area contributed by atoms with Gasteiger partial charge in [-0.1, -0.05) is 79.5 Å². The number of aryl methyl sites for hydroxylation is 1. The average molecular weight is 1470 g/mol. The predicted octanol–water partition coefficient (Wildman–Crippen LogP) is 4.07. The largest absolute Gasteiger partial charge is 0.417 e. The zero-order valence-corrected chi connectivity index (χ0v) is 64.5. The Morgan fingerprint density at radius 1 is 0.637 bits per heavy atom. The molecule has 1 aromatic rings. The third-order valence-electron chi connectivity index (χ3n) is 18.6. The van der Waals surface area contributed by atoms with Crippen LogP contribution in [0.2, 0.25) is 5.02 Å². The number of amides is 12. The van der Waals surface area contributed by atoms with E-state index in [1.54, 1.807) is 32.6 Å². The van der Waals surface area contributed by atoms with E-state index in [9.17, 15) is 56.6 Å². The molecule has 0 aliphatic carbocycles. The number of benzene rings is 1. The second kappa shape index (κ2) is 39.6. The number of rotatable bonds is 19. The SMILES string of the molecule is CC[C@H](C)[C@@H]1NC(=O)[C@H](CC(C)C)N(C)C(=O)CC(C(=O)N2CCCCC2)N(C)C(=O)[C@H](CC(C)C)N(C)C(=O)C(C)(C)NC(=O)[C@H](COCC(C)(C)O)N(C)C(=O)[C@H](CCc2ccc(C(F)(F)F)c(Cl)c2)NC(=O)CN(C)C(=O)[C@H](COCCC(C)C)N(C)C(=O)CN(C)C(=O)CN(C)C1=O. The summed E-state index contributed by atoms with van der Waals surface area (Å²) in [5, 5.41) is 18.2. The molecule has 0 aromatic heterocycles. The molecule has 12 amide bonds. The number of likely N-dealkylation sites (N-methyl/N-ethyl adjacent to an activating group) is 8. The van der Waals surface area contributed by atoms with E-state index < -0.39 is 180 Å². The number of halogens is 4. The molecule has 578 valence electrons. The first-order chi connectivity index (χ1) is 47.2. The van der Waals surface area contributed by atoms with Crippen molar-refractivity contribution in [3.05, 3.63) is 34.3 Å². The molecule has 2 saturated heterocycles. The maximum atomic E-state index is 15.4. The summed E-state index contributed by atoms with van der Waals surface area (Å²) in [6.07, 6.45) is -2.85. The van der Waals surface area contributed by atoms with Crippen LogP contribution in [0.4, 0.5) is 13.2 Å². The molecule has 1 aromatic carbocycles. The summed E-state index contributed by atoms with van der Waals surface area (Å²) in [6.45, 7) is 17.6. The molecule has 0 radical (unpaired) electrons. The van der Waals surface area contributed by atoms with Crippen LogP contribution in [0.15, 0.2) is 18.2 Å². The molecule has 0 bridgehead atoms. The van der Waals surface area contributed by atoms with E-state index in [0.717, 1.165) is 58.9 Å². The molecule has 2 heterocycles. The molecule has 3 rings (SSSR count). The van der Waals surface area contributed by atoms with Crippen molar-refractivity contribution in [1.82, 2.24) is 60.0 Å². The molecule has 2 aliphatic rings. The van der Waals surface area contributed by atoms with Gasteiger partial charge in [0.05, 0.1) is 62.1 Å². The van der Waals surface area contributed by atoms with Crippen LogP contribution in [0.5, 0.6) is 0 Å². The minimum Gasteiger partial charge on any atom is -0.388 e. The summed E-state index contributed by atoms with van der Waals surface area (Å²) >= 11 is 6.12. The van der Waals surface area contributed by atoms with Crippen LogP contribution < -0.4 is 16.0 Å². The fraction of sp³-hybridized carbons (Fsp3) is 0.746. The van der Waals surface area contributed by atoms with Gasteiger partial charge in [0.15, 0.2) is 0 Å². The molecule has 0 spiro atoms. The molecule has 4 N–H and O–H groups in total. The van der Waals surface area contributed by atoms with E-state index in [4.69, 9.17) is 21.1 Å². The quantitative estimate of drug-likeness (QED) is 0.142. The number of piperidine rings is 1. The maximum Gasteiger partial charge on any atom is 0.417 e. The van der Waals surface area contributed by atoms with Crippen molar-refractivity contribution in [2.45, 2.75) is 207 Å². The van der Waals surface area contributed by atoms with Crippen molar-refractivity contribution < 1.29 is 85.3 Å². The van der Waals surface area contributed by atoms with Crippen LogP contribution in [0.25, 0.3) is 0 Å². The lowest BCUT2D eigenvalue weighted by atomic mass is 9.95. The van der Waals surface area contributed by atoms with Gasteiger partial charge in [-0.3, -0.25) is 57.5 Å². The Hall–Kier alpha value is -7.18. The van der Waals surface area contributed by atoms with E-state index in [0.29, 0.717) is 38.8 Å². The molecule has 0 saturated carbocycles. The van der Waals surface area contributed by atoms with Gasteiger partial charge in [-0.25, -0.2) is 0 Å². The highest BCUT2D eigenvalue weighted by molar-refractivity contribution is 6.31. The lowest BCUT2D eigenvalue weighted by Crippen LogP contribution is -2.64. The zero-order valence-electron chi connectivity index (χ0n) is 63.7. The predicted molar refractivity (Wildman–Crippen MR) is 377 cm³/mol. The van der Waals surface area contributed by atoms with E-state index >= 15 is 19.2 Å². The van der Waals surface area contributed by atoms with Crippen molar-refractivity contribution in [1.29, 1.82) is 0 Å². The molecule has 1 unspecified atom stereocenters. The molecule has 2 fully saturated rings. The standard InChI is InChI=1S/C71H116ClF3N12O15/c1-21-46(8)60-67(98)81(15)38-58(90)79(13)39-59(91)83(17)55(41-101-32-29-43(2)3)64(95)80(14)37-56(88)76-50(28-26-47-25-27-48(49(72)35-47)71(73,74)75)63(94)85(19)54(40-102-42-69(9,10)100)62(93)78-70(11,12)68(99)86(20)52(34-45(6)7)65(96)84(18)53(66(97)87-30-23-22-24-31-87)36-57(89)82(16)51(33-44(4)5)61(92)77-60/h25,27,35,43-46,50-55,60,100H,21-24,26,28-34,36-42H2,1-20H3,(H,76,88)(H,77,92)(H,78,93)/t46-,50-,51-,52-,53?,54-,55-,60-/m0/s1. The summed E-state index contributed by atoms with van der Waals surface area (Å²) in [5.41, 5.74) is -4.35. The molecular formula is C71H116ClF3N12O15. The lowest BCUT2D eigenvalue weighted by molar-refractivity contribution is -0.155. The summed E-state index contributed by atoms with van der Waals surface area (Å²) < 4.78 is 53.4. The van der Waals surface area contributed by atoms with Crippen molar-refractivity contribution in [3.63, 3.8) is 0 Å². The fourth-order valence-electron chi connectivity index (χ4n) is 11.9. The monoisotopic (exact) mass is 1470 g/mol. The smallest absolute Gasteiger partial charge is 0.388 e. The topological polar surface area (TPSA) is 309 Å². The minimum absolute atomic E-state index is 0.00517. The van der Waals surface area contributed by atoms with Crippen LogP contribution in [0.1, 0.15) is 152 Å². The molecule has 27 nitrogen and oxygen atoms in total. The highest BCUT2D eigenvalue weighted by atomic mass is 35.5. The van der Waals surface area contributed by atoms with Gasteiger partial charge >= 0.3 is 6.18 Å². The number of ether oxygens (including phenoxy) is 2. The molecule has 8 atom stereocenters. The number of carbonyl (C=O) groups is 12. The number of hydrogen-bond acceptors (Lipinski definition) is 15. The van der Waals surface area contributed by atoms with Crippen LogP contribution in [0.3, 0.4) is 0 Å². The van der Waals surface area contributed by atoms with E-state index in [2.05, 4.69) is 16.0 Å². The Morgan fingerprint density at radius 3 is 1.75 bits per heavy atom. The number of alkyl halides is 3. The summed E-state index contributed by atoms with van der Waals surface area (Å²) in [7, 11) is 10.5. The Balaban J connectivity index is 2.37. The number of hydrogen-bond donors (Lipinski definition) is 4. The highest BCUT2D eigenvalue weighted by Crippen LogP contribution is 2.35. The second-order valence-corrected chi connectivity index (χ2v) is 30.3. The summed E-state index contributed by atoms with van der Waals surface area (Å²) in [6, 6.07) is -7.10. The van der Waals surface area contributed by atoms with Crippen LogP contribution in [-0.4, -0.2) is 289 Å². The van der Waals surface area contributed by atoms with Gasteiger partial charge in [0.2, 0.25) is 70.9 Å². The highest BCUT2D eigenvalue weighted by Gasteiger charge is 2.45. The van der Waals surface area contributed by atoms with Gasteiger partial charge in [0.25, 0.3) is 0 Å². The molecule has 2 aliphatic heterocycles. The third kappa shape index (κ3) is 26.5. The number of likely N-dealkylation sites (tertiary alicyclic amines) is 1. The van der Waals surface area contributed by atoms with Crippen LogP contribution in [0, 0.1) is 23.7 Å². The Bertz CT molecular complexity index is 3070. The van der Waals surface area contributed by atoms with Gasteiger partial charge in [0, 0.05) is 76.1 Å². The average Bonchev–Trinajstić information content (AvgIpc) is 0.801. The van der Waals surface area contributed by atoms with Crippen LogP contribution in [-0.2, 0) is 79.6 Å². The first kappa shape index (κ1) is 89.0. The lowest BCUT2D eigenvalue weighted by Gasteiger charge is -2.40. The van der Waals surface area contributed by atoms with E-state index in [1.165, 1.54) is 89.0 Å². The van der Waals surface area contributed by atoms with Gasteiger partial charge in [0.1, 0.15) is 47.8 Å². The second-order valence-electron chi connectivity index (χ2n) is 29.9. The zero-order chi connectivity index (χ0) is 77.8. The van der Waals surface area contributed by atoms with Crippen molar-refractivity contribution >= 4 is 82.5 Å². The van der Waals surface area contributed by atoms with Crippen molar-refractivity contribution in [2.75, 3.05) is 116 Å². The number of carbonyl (C=O) groups excluding carboxylic acids is 12.